The molecule has 18 N–H and O–H groups in total. The van der Waals surface area contributed by atoms with E-state index < -0.39 is 187 Å². The lowest BCUT2D eigenvalue weighted by Gasteiger charge is -2.36. The van der Waals surface area contributed by atoms with Crippen LogP contribution in [0.15, 0.2) is 122 Å². The first-order chi connectivity index (χ1) is 52.6. The number of primary amides is 1. The van der Waals surface area contributed by atoms with Gasteiger partial charge in [0.25, 0.3) is 0 Å². The van der Waals surface area contributed by atoms with Gasteiger partial charge in [0, 0.05) is 68.9 Å². The SMILES string of the molecule is CCc1cc(O)ccc1-c1ccc(C[C@H](NC(=O)[C@H](CC(=O)O)NC(=O)[C@H](CO)NC(=O)[C@@H](NC(=O)[C@@](C)(Cc2ccccc2F)NC(=O)[C@@H](NC(=O)CNC(=O)[C@H](CCC(=O)O)NC(=O)[C@]2(C)CCCN2C(=O)[C@@H](C)Cc2cnc[nH]2)[C@@H](C)O)[C@@H](C)O)C(=O)N[C@@H](Cc2cnccc2-c2ccccc2C)C(N)=O)cc1. The molecule has 111 heavy (non-hydrogen) atoms. The number of halogens is 1. The van der Waals surface area contributed by atoms with Crippen LogP contribution >= 0.6 is 0 Å². The third-order valence-corrected chi connectivity index (χ3v) is 19.2. The number of phenols is 1. The van der Waals surface area contributed by atoms with Gasteiger partial charge in [-0.2, -0.15) is 0 Å². The standard InChI is InChI=1S/C77H95FN14O19/c1-8-46-32-51(96)22-23-53(46)47-20-18-45(19-21-47)31-58(68(104)84-57(66(79)102)33-49-36-80-28-26-54(49)52-16-11-9-14-41(52)2)85-69(105)59(34-63(100)101)86-70(106)60(39-93)87-71(107)64(43(4)94)90-74(110)76(6,35-48-15-10-12-17-55(48)78)91-72(108)65(44(5)95)89-61(97)38-82-67(103)56(24-25-62(98)99)88-75(111)77(7)27-13-29-92(77)73(109)42(3)30-50-37-81-40-83-50/h9-12,14-23,26,28,32,36-37,40,42-44,56-60,64-65,93-96H,8,13,24-25,27,29-31,33-35,38-39H2,1-7H3,(H2,79,102)(H,81,83)(H,82,103)(H,84,104)(H,85,105)(H,86,106)(H,87,107)(H,88,111)(H,89,97)(H,90,110)(H,91,108)(H,98,99)(H,100,101)/t42-,43+,44+,56-,57-,58-,59-,60-,64-,65-,76+,77-/m0/s1. The molecule has 0 bridgehead atoms. The Bertz CT molecular complexity index is 4370. The van der Waals surface area contributed by atoms with E-state index in [0.717, 1.165) is 49.1 Å². The Morgan fingerprint density at radius 1 is 0.658 bits per heavy atom. The van der Waals surface area contributed by atoms with E-state index >= 15 is 4.39 Å². The number of aryl methyl sites for hydroxylation is 2. The Morgan fingerprint density at radius 2 is 1.30 bits per heavy atom. The molecule has 0 spiro atoms. The fourth-order valence-corrected chi connectivity index (χ4v) is 12.9. The number of aromatic hydroxyl groups is 1. The molecule has 11 amide bonds. The molecular weight excluding hydrogens is 1440 g/mol. The van der Waals surface area contributed by atoms with E-state index in [0.29, 0.717) is 40.8 Å². The third kappa shape index (κ3) is 23.5. The molecule has 2 aromatic heterocycles. The predicted octanol–water partition coefficient (Wildman–Crippen LogP) is 0.105. The highest BCUT2D eigenvalue weighted by atomic mass is 19.1. The molecule has 1 saturated heterocycles. The van der Waals surface area contributed by atoms with Crippen molar-refractivity contribution in [2.75, 3.05) is 19.7 Å². The lowest BCUT2D eigenvalue weighted by atomic mass is 9.90. The summed E-state index contributed by atoms with van der Waals surface area (Å²) in [7, 11) is 0. The molecule has 1 aliphatic heterocycles. The number of amides is 11. The van der Waals surface area contributed by atoms with Gasteiger partial charge < -0.3 is 94.1 Å². The zero-order valence-electron chi connectivity index (χ0n) is 62.3. The molecule has 594 valence electrons. The molecule has 1 fully saturated rings. The Balaban J connectivity index is 1.06. The van der Waals surface area contributed by atoms with Crippen LogP contribution in [0.3, 0.4) is 0 Å². The van der Waals surface area contributed by atoms with Gasteiger partial charge in [0.15, 0.2) is 0 Å². The summed E-state index contributed by atoms with van der Waals surface area (Å²) in [4.78, 5) is 192. The van der Waals surface area contributed by atoms with Crippen LogP contribution in [0.2, 0.25) is 0 Å². The molecule has 0 saturated carbocycles. The van der Waals surface area contributed by atoms with Crippen molar-refractivity contribution in [2.24, 2.45) is 11.7 Å². The van der Waals surface area contributed by atoms with Crippen LogP contribution in [0.1, 0.15) is 107 Å². The largest absolute Gasteiger partial charge is 0.508 e. The number of nitrogens with one attached hydrogen (secondary N) is 10. The van der Waals surface area contributed by atoms with Crippen molar-refractivity contribution >= 4 is 76.9 Å². The third-order valence-electron chi connectivity index (χ3n) is 19.2. The lowest BCUT2D eigenvalue weighted by Crippen LogP contribution is -2.67. The van der Waals surface area contributed by atoms with E-state index in [1.165, 1.54) is 48.6 Å². The van der Waals surface area contributed by atoms with Crippen molar-refractivity contribution < 1.29 is 97.4 Å². The number of likely N-dealkylation sites (tertiary alicyclic amines) is 1. The number of benzene rings is 4. The summed E-state index contributed by atoms with van der Waals surface area (Å²) in [5.41, 5.74) is 8.06. The topological polar surface area (TPSA) is 522 Å². The number of aromatic amines is 1. The van der Waals surface area contributed by atoms with Crippen LogP contribution in [0, 0.1) is 18.7 Å². The molecule has 12 atom stereocenters. The summed E-state index contributed by atoms with van der Waals surface area (Å²) in [6.07, 6.45) is 0.184. The number of aromatic nitrogens is 3. The second-order valence-corrected chi connectivity index (χ2v) is 27.9. The van der Waals surface area contributed by atoms with Crippen molar-refractivity contribution in [1.82, 2.24) is 67.7 Å². The molecule has 4 aromatic carbocycles. The molecule has 33 nitrogen and oxygen atoms in total. The van der Waals surface area contributed by atoms with E-state index in [9.17, 15) is 93.0 Å². The van der Waals surface area contributed by atoms with Crippen LogP contribution in [0.25, 0.3) is 22.3 Å². The van der Waals surface area contributed by atoms with Gasteiger partial charge in [0.2, 0.25) is 65.0 Å². The Morgan fingerprint density at radius 3 is 1.93 bits per heavy atom. The molecule has 0 radical (unpaired) electrons. The minimum atomic E-state index is -2.43. The normalized spacial score (nSPS) is 16.5. The van der Waals surface area contributed by atoms with E-state index in [1.54, 1.807) is 61.8 Å². The average Bonchev–Trinajstić information content (AvgIpc) is 1.78. The van der Waals surface area contributed by atoms with Crippen LogP contribution in [0.4, 0.5) is 4.39 Å². The number of phenolic OH excluding ortho intramolecular Hbond substituents is 1. The first kappa shape index (κ1) is 86.2. The molecule has 34 heteroatoms. The maximum atomic E-state index is 15.5. The van der Waals surface area contributed by atoms with Gasteiger partial charge in [-0.15, -0.1) is 0 Å². The van der Waals surface area contributed by atoms with E-state index in [4.69, 9.17) is 5.73 Å². The molecule has 0 aliphatic carbocycles. The van der Waals surface area contributed by atoms with Crippen LogP contribution in [-0.2, 0) is 94.4 Å². The second kappa shape index (κ2) is 39.4. The van der Waals surface area contributed by atoms with Gasteiger partial charge in [-0.05, 0) is 135 Å². The average molecular weight is 1540 g/mol. The number of carboxylic acids is 2. The van der Waals surface area contributed by atoms with Crippen LogP contribution in [0.5, 0.6) is 5.75 Å². The number of H-pyrrole nitrogens is 1. The Labute approximate surface area is 638 Å². The Hall–Kier alpha value is -12.0. The fraction of sp³-hybridized carbons (Fsp3) is 0.416. The van der Waals surface area contributed by atoms with Gasteiger partial charge in [-0.1, -0.05) is 86.6 Å². The van der Waals surface area contributed by atoms with Gasteiger partial charge in [0.05, 0.1) is 38.1 Å². The number of nitrogens with two attached hydrogens (primary N) is 1. The zero-order chi connectivity index (χ0) is 81.6. The predicted molar refractivity (Wildman–Crippen MR) is 397 cm³/mol. The highest BCUT2D eigenvalue weighted by molar-refractivity contribution is 6.01. The number of nitrogens with zero attached hydrogens (tertiary/aromatic N) is 3. The highest BCUT2D eigenvalue weighted by Gasteiger charge is 2.48. The quantitative estimate of drug-likeness (QED) is 0.0243. The highest BCUT2D eigenvalue weighted by Crippen LogP contribution is 2.33. The molecule has 3 heterocycles. The summed E-state index contributed by atoms with van der Waals surface area (Å²) in [5.74, 6) is -16.7. The minimum Gasteiger partial charge on any atom is -0.508 e. The number of rotatable bonds is 39. The lowest BCUT2D eigenvalue weighted by molar-refractivity contribution is -0.147. The monoisotopic (exact) mass is 1540 g/mol. The first-order valence-corrected chi connectivity index (χ1v) is 35.9. The number of aliphatic hydroxyl groups is 3. The number of hydrogen-bond acceptors (Lipinski definition) is 19. The van der Waals surface area contributed by atoms with Gasteiger partial charge in [-0.3, -0.25) is 67.3 Å². The minimum absolute atomic E-state index is 0.0550. The van der Waals surface area contributed by atoms with Crippen molar-refractivity contribution in [3.63, 3.8) is 0 Å². The number of aliphatic hydroxyl groups excluding tert-OH is 3. The zero-order valence-corrected chi connectivity index (χ0v) is 62.3. The van der Waals surface area contributed by atoms with Gasteiger partial charge >= 0.3 is 11.9 Å². The number of imidazole rings is 1. The number of pyridine rings is 1. The molecular formula is C77H95FN14O19. The van der Waals surface area contributed by atoms with Crippen LogP contribution in [-0.4, -0.2) is 213 Å². The van der Waals surface area contributed by atoms with Crippen LogP contribution < -0.4 is 53.6 Å². The van der Waals surface area contributed by atoms with E-state index in [2.05, 4.69) is 62.8 Å². The number of carbonyl (C=O) groups is 13. The Kier molecular flexibility index (Phi) is 30.6. The fourth-order valence-electron chi connectivity index (χ4n) is 12.9. The maximum absolute atomic E-state index is 15.5. The number of carbonyl (C=O) groups excluding carboxylic acids is 11. The summed E-state index contributed by atoms with van der Waals surface area (Å²) < 4.78 is 15.5. The van der Waals surface area contributed by atoms with Gasteiger partial charge in [-0.25, -0.2) is 9.37 Å². The van der Waals surface area contributed by atoms with Crippen molar-refractivity contribution in [3.05, 3.63) is 161 Å². The number of carboxylic acid groups (broad SMARTS) is 2. The summed E-state index contributed by atoms with van der Waals surface area (Å²) >= 11 is 0. The second-order valence-electron chi connectivity index (χ2n) is 27.9. The molecule has 6 aromatic rings. The molecule has 1 aliphatic rings. The van der Waals surface area contributed by atoms with E-state index in [-0.39, 0.29) is 49.4 Å². The number of aliphatic carboxylic acids is 2. The van der Waals surface area contributed by atoms with Crippen molar-refractivity contribution in [2.45, 2.75) is 178 Å². The number of hydrogen-bond donors (Lipinski definition) is 17. The summed E-state index contributed by atoms with van der Waals surface area (Å²) in [6.45, 7) is 8.00. The van der Waals surface area contributed by atoms with E-state index in [1.807, 2.05) is 38.1 Å². The maximum Gasteiger partial charge on any atom is 0.305 e. The molecule has 7 rings (SSSR count). The summed E-state index contributed by atoms with van der Waals surface area (Å²) in [5, 5.41) is 83.5. The van der Waals surface area contributed by atoms with Crippen molar-refractivity contribution in [3.8, 4) is 28.0 Å². The smallest absolute Gasteiger partial charge is 0.305 e. The summed E-state index contributed by atoms with van der Waals surface area (Å²) in [6, 6.07) is 12.6. The van der Waals surface area contributed by atoms with Gasteiger partial charge in [0.1, 0.15) is 64.9 Å². The van der Waals surface area contributed by atoms with Crippen molar-refractivity contribution in [1.29, 1.82) is 0 Å². The molecule has 0 unspecified atom stereocenters. The first-order valence-electron chi connectivity index (χ1n) is 35.9.